The van der Waals surface area contributed by atoms with Gasteiger partial charge in [-0.3, -0.25) is 4.79 Å². The number of ether oxygens (including phenoxy) is 2. The molecule has 0 radical (unpaired) electrons. The minimum Gasteiger partial charge on any atom is -0.497 e. The van der Waals surface area contributed by atoms with Gasteiger partial charge in [0, 0.05) is 39.3 Å². The van der Waals surface area contributed by atoms with E-state index >= 15 is 0 Å². The van der Waals surface area contributed by atoms with E-state index in [2.05, 4.69) is 10.5 Å². The molecule has 1 aromatic heterocycles. The lowest BCUT2D eigenvalue weighted by atomic mass is 9.97. The molecule has 0 unspecified atom stereocenters. The summed E-state index contributed by atoms with van der Waals surface area (Å²) in [6.07, 6.45) is 5.05. The molecular formula is C23H31N3O6S. The molecule has 1 aromatic carbocycles. The predicted octanol–water partition coefficient (Wildman–Crippen LogP) is 2.72. The second-order valence-corrected chi connectivity index (χ2v) is 9.76. The van der Waals surface area contributed by atoms with Crippen LogP contribution in [0.1, 0.15) is 36.3 Å². The van der Waals surface area contributed by atoms with E-state index < -0.39 is 10.0 Å². The van der Waals surface area contributed by atoms with E-state index in [4.69, 9.17) is 14.0 Å². The molecule has 33 heavy (non-hydrogen) atoms. The van der Waals surface area contributed by atoms with Crippen LogP contribution in [0.15, 0.2) is 33.7 Å². The maximum Gasteiger partial charge on any atom is 0.248 e. The van der Waals surface area contributed by atoms with E-state index in [9.17, 15) is 13.2 Å². The number of carbonyl (C=O) groups excluding carboxylic acids is 1. The van der Waals surface area contributed by atoms with Gasteiger partial charge in [0.1, 0.15) is 11.4 Å². The van der Waals surface area contributed by atoms with E-state index in [1.165, 1.54) is 4.31 Å². The highest BCUT2D eigenvalue weighted by molar-refractivity contribution is 7.89. The summed E-state index contributed by atoms with van der Waals surface area (Å²) in [6, 6.07) is 7.36. The summed E-state index contributed by atoms with van der Waals surface area (Å²) in [5, 5.41) is 6.78. The summed E-state index contributed by atoms with van der Waals surface area (Å²) in [5.74, 6) is 0.684. The van der Waals surface area contributed by atoms with Gasteiger partial charge in [-0.2, -0.15) is 4.31 Å². The Morgan fingerprint density at radius 3 is 2.55 bits per heavy atom. The number of aryl methyl sites for hydroxylation is 1. The third-order valence-electron chi connectivity index (χ3n) is 5.62. The molecule has 2 aromatic rings. The number of hydrogen-bond donors (Lipinski definition) is 1. The third kappa shape index (κ3) is 6.21. The Balaban J connectivity index is 1.66. The largest absolute Gasteiger partial charge is 0.497 e. The zero-order valence-corrected chi connectivity index (χ0v) is 20.1. The second-order valence-electron chi connectivity index (χ2n) is 7.88. The molecule has 9 nitrogen and oxygen atoms in total. The number of nitrogens with zero attached hydrogens (tertiary/aromatic N) is 2. The van der Waals surface area contributed by atoms with Crippen molar-refractivity contribution in [2.45, 2.75) is 31.1 Å². The Labute approximate surface area is 194 Å². The van der Waals surface area contributed by atoms with E-state index in [1.54, 1.807) is 33.3 Å². The first-order valence-electron chi connectivity index (χ1n) is 10.9. The Bertz CT molecular complexity index is 1050. The first-order chi connectivity index (χ1) is 15.9. The van der Waals surface area contributed by atoms with Crippen molar-refractivity contribution in [2.75, 3.05) is 40.5 Å². The minimum absolute atomic E-state index is 0.0348. The molecule has 1 aliphatic heterocycles. The Hall–Kier alpha value is -2.69. The number of hydrogen-bond acceptors (Lipinski definition) is 7. The normalized spacial score (nSPS) is 15.7. The molecule has 0 bridgehead atoms. The van der Waals surface area contributed by atoms with Crippen LogP contribution in [0.4, 0.5) is 0 Å². The number of aromatic nitrogens is 1. The Morgan fingerprint density at radius 1 is 1.21 bits per heavy atom. The van der Waals surface area contributed by atoms with Crippen molar-refractivity contribution in [3.05, 3.63) is 41.3 Å². The number of carbonyl (C=O) groups is 1. The number of rotatable bonds is 10. The lowest BCUT2D eigenvalue weighted by Gasteiger charge is -2.30. The number of nitrogens with one attached hydrogen (secondary N) is 1. The molecular weight excluding hydrogens is 446 g/mol. The van der Waals surface area contributed by atoms with Gasteiger partial charge in [-0.05, 0) is 50.0 Å². The quantitative estimate of drug-likeness (QED) is 0.524. The van der Waals surface area contributed by atoms with E-state index in [0.29, 0.717) is 31.7 Å². The molecule has 0 atom stereocenters. The van der Waals surface area contributed by atoms with Gasteiger partial charge in [0.15, 0.2) is 10.7 Å². The number of benzene rings is 1. The summed E-state index contributed by atoms with van der Waals surface area (Å²) in [4.78, 5) is 12.4. The fourth-order valence-electron chi connectivity index (χ4n) is 3.75. The van der Waals surface area contributed by atoms with Crippen molar-refractivity contribution in [3.8, 4) is 5.75 Å². The van der Waals surface area contributed by atoms with Gasteiger partial charge in [0.25, 0.3) is 0 Å². The van der Waals surface area contributed by atoms with Gasteiger partial charge < -0.3 is 19.3 Å². The molecule has 0 aliphatic carbocycles. The first-order valence-corrected chi connectivity index (χ1v) is 12.4. The minimum atomic E-state index is -3.81. The van der Waals surface area contributed by atoms with E-state index in [1.807, 2.05) is 24.3 Å². The highest BCUT2D eigenvalue weighted by atomic mass is 32.2. The summed E-state index contributed by atoms with van der Waals surface area (Å²) >= 11 is 0. The lowest BCUT2D eigenvalue weighted by Crippen LogP contribution is -2.43. The van der Waals surface area contributed by atoms with Crippen LogP contribution < -0.4 is 10.1 Å². The van der Waals surface area contributed by atoms with E-state index in [-0.39, 0.29) is 35.6 Å². The van der Waals surface area contributed by atoms with Crippen molar-refractivity contribution < 1.29 is 27.2 Å². The monoisotopic (exact) mass is 477 g/mol. The van der Waals surface area contributed by atoms with Crippen LogP contribution in [0.25, 0.3) is 12.2 Å². The molecule has 1 saturated heterocycles. The molecule has 1 fully saturated rings. The fraction of sp³-hybridized carbons (Fsp3) is 0.478. The van der Waals surface area contributed by atoms with Crippen LogP contribution in [-0.2, 0) is 19.6 Å². The van der Waals surface area contributed by atoms with Gasteiger partial charge in [-0.15, -0.1) is 0 Å². The standard InChI is InChI=1S/C23H31N3O6S/c1-17-22(21(32-25-17)10-7-18-5-8-20(31-3)9-6-18)33(28,29)26-14-11-19(12-15-26)23(27)24-13-4-16-30-2/h5-10,19H,4,11-16H2,1-3H3,(H,24,27)/b10-7-. The molecule has 2 heterocycles. The summed E-state index contributed by atoms with van der Waals surface area (Å²) in [6.45, 7) is 3.29. The summed E-state index contributed by atoms with van der Waals surface area (Å²) in [5.41, 5.74) is 1.17. The molecule has 180 valence electrons. The number of sulfonamides is 1. The number of amides is 1. The average Bonchev–Trinajstić information content (AvgIpc) is 3.21. The molecule has 0 saturated carbocycles. The number of methoxy groups -OCH3 is 2. The predicted molar refractivity (Wildman–Crippen MR) is 124 cm³/mol. The molecule has 1 aliphatic rings. The van der Waals surface area contributed by atoms with Gasteiger partial charge >= 0.3 is 0 Å². The van der Waals surface area contributed by atoms with Crippen LogP contribution in [0, 0.1) is 12.8 Å². The zero-order valence-electron chi connectivity index (χ0n) is 19.2. The summed E-state index contributed by atoms with van der Waals surface area (Å²) < 4.78 is 43.6. The van der Waals surface area contributed by atoms with Crippen molar-refractivity contribution in [1.82, 2.24) is 14.8 Å². The maximum absolute atomic E-state index is 13.4. The van der Waals surface area contributed by atoms with Crippen molar-refractivity contribution in [2.24, 2.45) is 5.92 Å². The molecule has 1 amide bonds. The second kappa shape index (κ2) is 11.4. The topological polar surface area (TPSA) is 111 Å². The van der Waals surface area contributed by atoms with Crippen LogP contribution >= 0.6 is 0 Å². The van der Waals surface area contributed by atoms with Crippen LogP contribution in [0.5, 0.6) is 5.75 Å². The molecule has 1 N–H and O–H groups in total. The Morgan fingerprint density at radius 2 is 1.91 bits per heavy atom. The van der Waals surface area contributed by atoms with Crippen LogP contribution in [0.3, 0.4) is 0 Å². The van der Waals surface area contributed by atoms with Gasteiger partial charge in [-0.1, -0.05) is 23.4 Å². The van der Waals surface area contributed by atoms with Gasteiger partial charge in [0.05, 0.1) is 7.11 Å². The van der Waals surface area contributed by atoms with Gasteiger partial charge in [0.2, 0.25) is 15.9 Å². The van der Waals surface area contributed by atoms with Crippen molar-refractivity contribution in [3.63, 3.8) is 0 Å². The van der Waals surface area contributed by atoms with Crippen LogP contribution in [0.2, 0.25) is 0 Å². The molecule has 0 spiro atoms. The van der Waals surface area contributed by atoms with Crippen LogP contribution in [-0.4, -0.2) is 64.2 Å². The third-order valence-corrected chi connectivity index (χ3v) is 7.68. The average molecular weight is 478 g/mol. The Kier molecular flexibility index (Phi) is 8.65. The number of piperidine rings is 1. The summed E-state index contributed by atoms with van der Waals surface area (Å²) in [7, 11) is -0.596. The molecule has 10 heteroatoms. The van der Waals surface area contributed by atoms with Gasteiger partial charge in [-0.25, -0.2) is 8.42 Å². The zero-order chi connectivity index (χ0) is 23.8. The first kappa shape index (κ1) is 24.9. The smallest absolute Gasteiger partial charge is 0.248 e. The fourth-order valence-corrected chi connectivity index (χ4v) is 5.47. The van der Waals surface area contributed by atoms with E-state index in [0.717, 1.165) is 17.7 Å². The highest BCUT2D eigenvalue weighted by Gasteiger charge is 2.35. The van der Waals surface area contributed by atoms with Crippen molar-refractivity contribution >= 4 is 28.1 Å². The SMILES string of the molecule is COCCCNC(=O)C1CCN(S(=O)(=O)c2c(C)noc2/C=C\c2ccc(OC)cc2)CC1. The van der Waals surface area contributed by atoms with Crippen molar-refractivity contribution in [1.29, 1.82) is 0 Å². The molecule has 3 rings (SSSR count). The maximum atomic E-state index is 13.4. The lowest BCUT2D eigenvalue weighted by molar-refractivity contribution is -0.126. The highest BCUT2D eigenvalue weighted by Crippen LogP contribution is 2.29.